The van der Waals surface area contributed by atoms with Crippen molar-refractivity contribution in [2.45, 2.75) is 32.3 Å². The number of hydrogen-bond donors (Lipinski definition) is 1. The maximum Gasteiger partial charge on any atom is 0.220 e. The Morgan fingerprint density at radius 3 is 2.16 bits per heavy atom. The third-order valence-corrected chi connectivity index (χ3v) is 6.49. The van der Waals surface area contributed by atoms with Gasteiger partial charge in [0.15, 0.2) is 30.3 Å². The minimum Gasteiger partial charge on any atom is -0.497 e. The quantitative estimate of drug-likeness (QED) is 0.209. The molecule has 0 spiro atoms. The number of rotatable bonds is 12. The van der Waals surface area contributed by atoms with Gasteiger partial charge >= 0.3 is 0 Å². The first-order valence-electron chi connectivity index (χ1n) is 12.0. The lowest BCUT2D eigenvalue weighted by atomic mass is 9.39. The third-order valence-electron chi connectivity index (χ3n) is 6.49. The summed E-state index contributed by atoms with van der Waals surface area (Å²) < 4.78 is 16.1. The second kappa shape index (κ2) is 12.8. The number of ether oxygens (including phenoxy) is 3. The molecule has 0 saturated carbocycles. The minimum absolute atomic E-state index is 0.00887. The number of hydrogen-bond acceptors (Lipinski definition) is 6. The van der Waals surface area contributed by atoms with Crippen molar-refractivity contribution in [3.63, 3.8) is 0 Å². The standard InChI is InChI=1S/C29H32BNO6/c1-19(33)22-9-6-20(7-10-22)17-30(2)25(14-21-8-13-27(36-4)28(15-21)37-5)29(34)31-26-16-24(35-3)12-11-23(26)18-32/h6-13,15-16,18,25H,14,17H2,1-5H3,(H,31,34). The molecule has 0 aliphatic rings. The van der Waals surface area contributed by atoms with Crippen molar-refractivity contribution in [2.75, 3.05) is 26.6 Å². The van der Waals surface area contributed by atoms with Crippen LogP contribution in [0.15, 0.2) is 60.7 Å². The number of ketones is 1. The van der Waals surface area contributed by atoms with Crippen LogP contribution in [0.1, 0.15) is 38.8 Å². The van der Waals surface area contributed by atoms with E-state index in [0.29, 0.717) is 53.1 Å². The van der Waals surface area contributed by atoms with Crippen LogP contribution in [0.2, 0.25) is 12.6 Å². The van der Waals surface area contributed by atoms with Gasteiger partial charge in [-0.2, -0.15) is 0 Å². The summed E-state index contributed by atoms with van der Waals surface area (Å²) in [5.41, 5.74) is 3.35. The fourth-order valence-electron chi connectivity index (χ4n) is 4.30. The molecule has 0 aromatic heterocycles. The van der Waals surface area contributed by atoms with Crippen LogP contribution < -0.4 is 19.5 Å². The first kappa shape index (κ1) is 27.5. The lowest BCUT2D eigenvalue weighted by molar-refractivity contribution is -0.116. The molecule has 3 aromatic carbocycles. The van der Waals surface area contributed by atoms with Crippen LogP contribution in [-0.4, -0.2) is 46.0 Å². The second-order valence-corrected chi connectivity index (χ2v) is 8.99. The van der Waals surface area contributed by atoms with Gasteiger partial charge in [-0.3, -0.25) is 14.4 Å². The van der Waals surface area contributed by atoms with E-state index >= 15 is 0 Å². The van der Waals surface area contributed by atoms with Crippen molar-refractivity contribution in [1.82, 2.24) is 0 Å². The third kappa shape index (κ3) is 7.00. The number of amides is 1. The van der Waals surface area contributed by atoms with Crippen molar-refractivity contribution >= 4 is 30.4 Å². The molecule has 192 valence electrons. The van der Waals surface area contributed by atoms with Crippen LogP contribution in [0, 0.1) is 0 Å². The van der Waals surface area contributed by atoms with E-state index in [0.717, 1.165) is 11.1 Å². The molecule has 0 fully saturated rings. The predicted molar refractivity (Wildman–Crippen MR) is 146 cm³/mol. The Hall–Kier alpha value is -4.07. The molecule has 0 bridgehead atoms. The molecule has 0 aliphatic heterocycles. The van der Waals surface area contributed by atoms with E-state index in [1.54, 1.807) is 44.6 Å². The lowest BCUT2D eigenvalue weighted by Gasteiger charge is -2.23. The summed E-state index contributed by atoms with van der Waals surface area (Å²) in [7, 11) is 4.68. The van der Waals surface area contributed by atoms with E-state index in [1.807, 2.05) is 37.2 Å². The fraction of sp³-hybridized carbons (Fsp3) is 0.276. The number of carbonyl (C=O) groups excluding carboxylic acids is 3. The molecule has 8 heteroatoms. The zero-order valence-electron chi connectivity index (χ0n) is 21.9. The average molecular weight is 501 g/mol. The molecule has 0 aliphatic carbocycles. The molecule has 7 nitrogen and oxygen atoms in total. The van der Waals surface area contributed by atoms with Crippen molar-refractivity contribution < 1.29 is 28.6 Å². The van der Waals surface area contributed by atoms with E-state index in [1.165, 1.54) is 14.0 Å². The predicted octanol–water partition coefficient (Wildman–Crippen LogP) is 5.19. The highest BCUT2D eigenvalue weighted by molar-refractivity contribution is 6.63. The Kier molecular flexibility index (Phi) is 9.49. The Morgan fingerprint density at radius 2 is 1.57 bits per heavy atom. The van der Waals surface area contributed by atoms with Crippen LogP contribution in [0.3, 0.4) is 0 Å². The Morgan fingerprint density at radius 1 is 0.892 bits per heavy atom. The molecule has 3 aromatic rings. The molecule has 3 rings (SSSR count). The summed E-state index contributed by atoms with van der Waals surface area (Å²) in [4.78, 5) is 36.9. The molecule has 1 N–H and O–H groups in total. The zero-order chi connectivity index (χ0) is 26.9. The van der Waals surface area contributed by atoms with Gasteiger partial charge in [0.2, 0.25) is 5.91 Å². The van der Waals surface area contributed by atoms with Crippen molar-refractivity contribution in [3.8, 4) is 17.2 Å². The zero-order valence-corrected chi connectivity index (χ0v) is 21.9. The Labute approximate surface area is 218 Å². The number of Topliss-reactive ketones (excluding diaryl/α,β-unsaturated/α-hetero) is 1. The van der Waals surface area contributed by atoms with Gasteiger partial charge in [0, 0.05) is 23.0 Å². The molecule has 37 heavy (non-hydrogen) atoms. The molecule has 1 atom stereocenters. The maximum atomic E-state index is 13.7. The number of benzene rings is 3. The first-order chi connectivity index (χ1) is 17.8. The summed E-state index contributed by atoms with van der Waals surface area (Å²) >= 11 is 0. The van der Waals surface area contributed by atoms with Gasteiger partial charge in [0.25, 0.3) is 0 Å². The number of methoxy groups -OCH3 is 3. The average Bonchev–Trinajstić information content (AvgIpc) is 2.91. The molecular weight excluding hydrogens is 469 g/mol. The van der Waals surface area contributed by atoms with Gasteiger partial charge in [-0.1, -0.05) is 42.7 Å². The van der Waals surface area contributed by atoms with Crippen LogP contribution in [-0.2, 0) is 17.5 Å². The van der Waals surface area contributed by atoms with E-state index in [-0.39, 0.29) is 18.4 Å². The summed E-state index contributed by atoms with van der Waals surface area (Å²) in [6, 6.07) is 18.0. The molecule has 0 heterocycles. The van der Waals surface area contributed by atoms with E-state index in [9.17, 15) is 14.4 Å². The largest absolute Gasteiger partial charge is 0.497 e. The van der Waals surface area contributed by atoms with Crippen LogP contribution in [0.5, 0.6) is 17.2 Å². The molecule has 1 amide bonds. The highest BCUT2D eigenvalue weighted by Gasteiger charge is 2.29. The summed E-state index contributed by atoms with van der Waals surface area (Å²) in [6.45, 7) is 3.49. The van der Waals surface area contributed by atoms with Gasteiger partial charge in [-0.25, -0.2) is 0 Å². The summed E-state index contributed by atoms with van der Waals surface area (Å²) in [6.07, 6.45) is 1.78. The topological polar surface area (TPSA) is 90.9 Å². The molecule has 0 saturated heterocycles. The molecule has 0 radical (unpaired) electrons. The SMILES string of the molecule is COc1ccc(C=O)c(NC(=O)C(Cc2ccc(OC)c(OC)c2)B(C)Cc2ccc(C(C)=O)cc2)c1. The highest BCUT2D eigenvalue weighted by atomic mass is 16.5. The van der Waals surface area contributed by atoms with E-state index in [4.69, 9.17) is 14.2 Å². The summed E-state index contributed by atoms with van der Waals surface area (Å²) in [5, 5.41) is 2.95. The van der Waals surface area contributed by atoms with Gasteiger partial charge in [-0.05, 0) is 49.5 Å². The van der Waals surface area contributed by atoms with Crippen LogP contribution in [0.25, 0.3) is 0 Å². The monoisotopic (exact) mass is 501 g/mol. The number of aldehydes is 1. The van der Waals surface area contributed by atoms with Crippen molar-refractivity contribution in [3.05, 3.63) is 82.9 Å². The molecule has 1 unspecified atom stereocenters. The molecular formula is C29H32BNO6. The van der Waals surface area contributed by atoms with Gasteiger partial charge < -0.3 is 19.5 Å². The van der Waals surface area contributed by atoms with Crippen LogP contribution in [0.4, 0.5) is 5.69 Å². The number of carbonyl (C=O) groups is 3. The Bertz CT molecular complexity index is 1260. The summed E-state index contributed by atoms with van der Waals surface area (Å²) in [5.74, 6) is 1.10. The number of nitrogens with one attached hydrogen (secondary N) is 1. The van der Waals surface area contributed by atoms with Crippen LogP contribution >= 0.6 is 0 Å². The van der Waals surface area contributed by atoms with Gasteiger partial charge in [0.1, 0.15) is 5.75 Å². The fourth-order valence-corrected chi connectivity index (χ4v) is 4.30. The van der Waals surface area contributed by atoms with E-state index in [2.05, 4.69) is 5.32 Å². The Balaban J connectivity index is 1.91. The normalized spacial score (nSPS) is 11.3. The van der Waals surface area contributed by atoms with Crippen molar-refractivity contribution in [2.24, 2.45) is 0 Å². The van der Waals surface area contributed by atoms with Crippen molar-refractivity contribution in [1.29, 1.82) is 0 Å². The lowest BCUT2D eigenvalue weighted by Crippen LogP contribution is -2.33. The second-order valence-electron chi connectivity index (χ2n) is 8.99. The number of anilines is 1. The van der Waals surface area contributed by atoms with E-state index < -0.39 is 5.82 Å². The van der Waals surface area contributed by atoms with Gasteiger partial charge in [0.05, 0.1) is 27.0 Å². The maximum absolute atomic E-state index is 13.7. The van der Waals surface area contributed by atoms with Gasteiger partial charge in [-0.15, -0.1) is 0 Å². The highest BCUT2D eigenvalue weighted by Crippen LogP contribution is 2.31. The first-order valence-corrected chi connectivity index (χ1v) is 12.0. The minimum atomic E-state index is -0.434. The smallest absolute Gasteiger partial charge is 0.220 e.